The number of hydrogen-bond donors (Lipinski definition) is 1. The van der Waals surface area contributed by atoms with Gasteiger partial charge in [-0.3, -0.25) is 0 Å². The van der Waals surface area contributed by atoms with E-state index in [0.29, 0.717) is 12.4 Å². The Hall–Kier alpha value is -1.03. The van der Waals surface area contributed by atoms with Crippen LogP contribution < -0.4 is 14.2 Å². The summed E-state index contributed by atoms with van der Waals surface area (Å²) in [4.78, 5) is 0. The van der Waals surface area contributed by atoms with E-state index >= 15 is 0 Å². The first kappa shape index (κ1) is 15.0. The van der Waals surface area contributed by atoms with E-state index in [2.05, 4.69) is 12.6 Å². The van der Waals surface area contributed by atoms with E-state index in [0.717, 1.165) is 17.2 Å². The SMILES string of the molecule is CC.COc1cc(OC)cc(OCCS)c1. The topological polar surface area (TPSA) is 27.7 Å². The van der Waals surface area contributed by atoms with Crippen LogP contribution in [0.5, 0.6) is 17.2 Å². The third-order valence-corrected chi connectivity index (χ3v) is 1.87. The van der Waals surface area contributed by atoms with E-state index < -0.39 is 0 Å². The normalized spacial score (nSPS) is 8.81. The van der Waals surface area contributed by atoms with Gasteiger partial charge in [-0.2, -0.15) is 12.6 Å². The molecule has 0 aliphatic heterocycles. The van der Waals surface area contributed by atoms with Crippen molar-refractivity contribution in [2.45, 2.75) is 13.8 Å². The fourth-order valence-electron chi connectivity index (χ4n) is 1.03. The lowest BCUT2D eigenvalue weighted by Crippen LogP contribution is -1.98. The molecule has 0 fully saturated rings. The third kappa shape index (κ3) is 5.16. The van der Waals surface area contributed by atoms with Crippen LogP contribution in [-0.4, -0.2) is 26.6 Å². The Morgan fingerprint density at radius 2 is 1.38 bits per heavy atom. The second kappa shape index (κ2) is 9.21. The first-order valence-corrected chi connectivity index (χ1v) is 5.90. The molecule has 16 heavy (non-hydrogen) atoms. The predicted octanol–water partition coefficient (Wildman–Crippen LogP) is 3.04. The largest absolute Gasteiger partial charge is 0.496 e. The molecule has 1 aromatic carbocycles. The smallest absolute Gasteiger partial charge is 0.126 e. The molecule has 0 saturated heterocycles. The molecule has 0 aliphatic rings. The molecule has 4 heteroatoms. The first-order chi connectivity index (χ1) is 7.80. The Morgan fingerprint density at radius 1 is 0.938 bits per heavy atom. The minimum atomic E-state index is 0.569. The van der Waals surface area contributed by atoms with Crippen molar-refractivity contribution in [1.29, 1.82) is 0 Å². The van der Waals surface area contributed by atoms with Crippen molar-refractivity contribution in [2.24, 2.45) is 0 Å². The maximum Gasteiger partial charge on any atom is 0.126 e. The van der Waals surface area contributed by atoms with Crippen molar-refractivity contribution in [3.8, 4) is 17.2 Å². The summed E-state index contributed by atoms with van der Waals surface area (Å²) in [5.41, 5.74) is 0. The van der Waals surface area contributed by atoms with Gasteiger partial charge < -0.3 is 14.2 Å². The molecule has 0 bridgehead atoms. The summed E-state index contributed by atoms with van der Waals surface area (Å²) in [6.07, 6.45) is 0. The summed E-state index contributed by atoms with van der Waals surface area (Å²) in [5, 5.41) is 0. The fraction of sp³-hybridized carbons (Fsp3) is 0.500. The Bertz CT molecular complexity index is 267. The molecule has 3 nitrogen and oxygen atoms in total. The maximum absolute atomic E-state index is 5.40. The summed E-state index contributed by atoms with van der Waals surface area (Å²) >= 11 is 4.06. The summed E-state index contributed by atoms with van der Waals surface area (Å²) in [6.45, 7) is 4.57. The lowest BCUT2D eigenvalue weighted by atomic mass is 10.3. The Morgan fingerprint density at radius 3 is 1.75 bits per heavy atom. The number of ether oxygens (including phenoxy) is 3. The highest BCUT2D eigenvalue weighted by Crippen LogP contribution is 2.27. The summed E-state index contributed by atoms with van der Waals surface area (Å²) in [6, 6.07) is 5.42. The van der Waals surface area contributed by atoms with Crippen molar-refractivity contribution in [3.05, 3.63) is 18.2 Å². The van der Waals surface area contributed by atoms with Gasteiger partial charge in [0.1, 0.15) is 17.2 Å². The molecule has 1 rings (SSSR count). The van der Waals surface area contributed by atoms with Crippen molar-refractivity contribution in [1.82, 2.24) is 0 Å². The highest BCUT2D eigenvalue weighted by atomic mass is 32.1. The molecular weight excluding hydrogens is 224 g/mol. The highest BCUT2D eigenvalue weighted by Gasteiger charge is 2.01. The Kier molecular flexibility index (Phi) is 8.62. The molecule has 92 valence electrons. The van der Waals surface area contributed by atoms with Crippen LogP contribution in [0.3, 0.4) is 0 Å². The second-order valence-electron chi connectivity index (χ2n) is 2.62. The minimum Gasteiger partial charge on any atom is -0.496 e. The quantitative estimate of drug-likeness (QED) is 0.807. The average Bonchev–Trinajstić information content (AvgIpc) is 2.38. The van der Waals surface area contributed by atoms with Crippen LogP contribution in [0.15, 0.2) is 18.2 Å². The maximum atomic E-state index is 5.40. The van der Waals surface area contributed by atoms with Crippen molar-refractivity contribution >= 4 is 12.6 Å². The number of methoxy groups -OCH3 is 2. The van der Waals surface area contributed by atoms with Crippen molar-refractivity contribution in [2.75, 3.05) is 26.6 Å². The van der Waals surface area contributed by atoms with Gasteiger partial charge in [-0.15, -0.1) is 0 Å². The predicted molar refractivity (Wildman–Crippen MR) is 70.2 cm³/mol. The summed E-state index contributed by atoms with van der Waals surface area (Å²) in [7, 11) is 3.22. The molecule has 0 N–H and O–H groups in total. The van der Waals surface area contributed by atoms with Crippen LogP contribution in [0.4, 0.5) is 0 Å². The number of hydrogen-bond acceptors (Lipinski definition) is 4. The fourth-order valence-corrected chi connectivity index (χ4v) is 1.12. The van der Waals surface area contributed by atoms with Crippen LogP contribution >= 0.6 is 12.6 Å². The van der Waals surface area contributed by atoms with Crippen molar-refractivity contribution in [3.63, 3.8) is 0 Å². The number of rotatable bonds is 5. The molecule has 0 aliphatic carbocycles. The monoisotopic (exact) mass is 244 g/mol. The minimum absolute atomic E-state index is 0.569. The van der Waals surface area contributed by atoms with E-state index in [9.17, 15) is 0 Å². The Balaban J connectivity index is 0.00000106. The lowest BCUT2D eigenvalue weighted by Gasteiger charge is -2.09. The molecule has 0 aromatic heterocycles. The van der Waals surface area contributed by atoms with E-state index in [1.807, 2.05) is 26.0 Å². The highest BCUT2D eigenvalue weighted by molar-refractivity contribution is 7.80. The molecule has 0 atom stereocenters. The zero-order chi connectivity index (χ0) is 12.4. The van der Waals surface area contributed by atoms with Gasteiger partial charge in [-0.05, 0) is 0 Å². The zero-order valence-corrected chi connectivity index (χ0v) is 11.2. The molecular formula is C12H20O3S. The van der Waals surface area contributed by atoms with Gasteiger partial charge in [0, 0.05) is 24.0 Å². The standard InChI is InChI=1S/C10H14O3S.C2H6/c1-11-8-5-9(12-2)7-10(6-8)13-3-4-14;1-2/h5-7,14H,3-4H2,1-2H3;1-2H3. The molecule has 0 heterocycles. The van der Waals surface area contributed by atoms with Crippen molar-refractivity contribution < 1.29 is 14.2 Å². The van der Waals surface area contributed by atoms with E-state index in [1.165, 1.54) is 0 Å². The average molecular weight is 244 g/mol. The molecule has 0 spiro atoms. The van der Waals surface area contributed by atoms with Gasteiger partial charge >= 0.3 is 0 Å². The van der Waals surface area contributed by atoms with Gasteiger partial charge in [-0.1, -0.05) is 13.8 Å². The zero-order valence-electron chi connectivity index (χ0n) is 10.3. The molecule has 0 saturated carbocycles. The molecule has 0 amide bonds. The lowest BCUT2D eigenvalue weighted by molar-refractivity contribution is 0.334. The van der Waals surface area contributed by atoms with Gasteiger partial charge in [0.2, 0.25) is 0 Å². The van der Waals surface area contributed by atoms with Crippen LogP contribution in [-0.2, 0) is 0 Å². The van der Waals surface area contributed by atoms with Crippen LogP contribution in [0, 0.1) is 0 Å². The van der Waals surface area contributed by atoms with Gasteiger partial charge in [0.25, 0.3) is 0 Å². The van der Waals surface area contributed by atoms with Gasteiger partial charge in [0.15, 0.2) is 0 Å². The summed E-state index contributed by atoms with van der Waals surface area (Å²) in [5.74, 6) is 2.85. The first-order valence-electron chi connectivity index (χ1n) is 5.27. The van der Waals surface area contributed by atoms with E-state index in [4.69, 9.17) is 14.2 Å². The van der Waals surface area contributed by atoms with Crippen LogP contribution in [0.25, 0.3) is 0 Å². The molecule has 1 aromatic rings. The number of thiol groups is 1. The van der Waals surface area contributed by atoms with E-state index in [1.54, 1.807) is 20.3 Å². The van der Waals surface area contributed by atoms with Gasteiger partial charge in [0.05, 0.1) is 20.8 Å². The second-order valence-corrected chi connectivity index (χ2v) is 3.07. The molecule has 0 radical (unpaired) electrons. The Labute approximate surface area is 103 Å². The van der Waals surface area contributed by atoms with Gasteiger partial charge in [-0.25, -0.2) is 0 Å². The number of benzene rings is 1. The van der Waals surface area contributed by atoms with Crippen LogP contribution in [0.1, 0.15) is 13.8 Å². The molecule has 0 unspecified atom stereocenters. The van der Waals surface area contributed by atoms with Crippen LogP contribution in [0.2, 0.25) is 0 Å². The summed E-state index contributed by atoms with van der Waals surface area (Å²) < 4.78 is 15.6. The van der Waals surface area contributed by atoms with E-state index in [-0.39, 0.29) is 0 Å². The third-order valence-electron chi connectivity index (χ3n) is 1.68.